The average Bonchev–Trinajstić information content (AvgIpc) is 3.09. The molecule has 0 radical (unpaired) electrons. The minimum Gasteiger partial charge on any atom is -0.331 e. The van der Waals surface area contributed by atoms with E-state index in [1.807, 2.05) is 37.7 Å². The van der Waals surface area contributed by atoms with Crippen molar-refractivity contribution in [3.63, 3.8) is 0 Å². The van der Waals surface area contributed by atoms with Gasteiger partial charge in [0.15, 0.2) is 5.65 Å². The van der Waals surface area contributed by atoms with Gasteiger partial charge in [0.1, 0.15) is 5.82 Å². The van der Waals surface area contributed by atoms with Crippen molar-refractivity contribution in [3.05, 3.63) is 58.8 Å². The maximum atomic E-state index is 4.62. The van der Waals surface area contributed by atoms with Gasteiger partial charge in [-0.25, -0.2) is 14.5 Å². The molecule has 3 aromatic heterocycles. The third-order valence-corrected chi connectivity index (χ3v) is 4.66. The standard InChI is InChI=1S/C19H22N6/c1-12-7-13(2)25-19(22-12)16(11-21-25)10-20-9-15-5-6-18-17(8-15)23-14(3)24(18)4/h5-8,11,20H,9-10H2,1-4H3. The molecule has 3 heterocycles. The molecule has 0 saturated heterocycles. The summed E-state index contributed by atoms with van der Waals surface area (Å²) >= 11 is 0. The van der Waals surface area contributed by atoms with E-state index in [4.69, 9.17) is 0 Å². The number of benzene rings is 1. The number of hydrogen-bond acceptors (Lipinski definition) is 4. The van der Waals surface area contributed by atoms with Gasteiger partial charge in [-0.1, -0.05) is 6.07 Å². The maximum absolute atomic E-state index is 4.62. The molecule has 6 nitrogen and oxygen atoms in total. The van der Waals surface area contributed by atoms with E-state index in [0.29, 0.717) is 0 Å². The van der Waals surface area contributed by atoms with Gasteiger partial charge in [-0.2, -0.15) is 5.10 Å². The van der Waals surface area contributed by atoms with E-state index in [2.05, 4.69) is 50.1 Å². The number of aromatic nitrogens is 5. The summed E-state index contributed by atoms with van der Waals surface area (Å²) in [5.41, 5.74) is 7.60. The first kappa shape index (κ1) is 15.8. The van der Waals surface area contributed by atoms with E-state index in [-0.39, 0.29) is 0 Å². The smallest absolute Gasteiger partial charge is 0.159 e. The zero-order valence-corrected chi connectivity index (χ0v) is 15.0. The molecular formula is C19H22N6. The molecular weight excluding hydrogens is 312 g/mol. The molecule has 128 valence electrons. The van der Waals surface area contributed by atoms with Crippen LogP contribution in [0.4, 0.5) is 0 Å². The summed E-state index contributed by atoms with van der Waals surface area (Å²) in [6, 6.07) is 8.48. The summed E-state index contributed by atoms with van der Waals surface area (Å²) in [7, 11) is 2.05. The fraction of sp³-hybridized carbons (Fsp3) is 0.316. The number of aryl methyl sites for hydroxylation is 4. The molecule has 0 aliphatic rings. The minimum atomic E-state index is 0.735. The number of fused-ring (bicyclic) bond motifs is 2. The molecule has 25 heavy (non-hydrogen) atoms. The molecule has 0 unspecified atom stereocenters. The van der Waals surface area contributed by atoms with Crippen molar-refractivity contribution < 1.29 is 0 Å². The van der Waals surface area contributed by atoms with Crippen molar-refractivity contribution in [1.82, 2.24) is 29.5 Å². The summed E-state index contributed by atoms with van der Waals surface area (Å²) in [6.45, 7) is 7.61. The van der Waals surface area contributed by atoms with Crippen molar-refractivity contribution in [2.45, 2.75) is 33.9 Å². The third-order valence-electron chi connectivity index (χ3n) is 4.66. The molecule has 0 fully saturated rings. The second-order valence-electron chi connectivity index (χ2n) is 6.59. The Labute approximate surface area is 146 Å². The van der Waals surface area contributed by atoms with E-state index >= 15 is 0 Å². The highest BCUT2D eigenvalue weighted by atomic mass is 15.3. The number of nitrogens with zero attached hydrogens (tertiary/aromatic N) is 5. The van der Waals surface area contributed by atoms with Crippen molar-refractivity contribution in [1.29, 1.82) is 0 Å². The maximum Gasteiger partial charge on any atom is 0.159 e. The van der Waals surface area contributed by atoms with E-state index in [1.54, 1.807) is 0 Å². The lowest BCUT2D eigenvalue weighted by molar-refractivity contribution is 0.696. The second kappa shape index (κ2) is 5.97. The predicted molar refractivity (Wildman–Crippen MR) is 98.5 cm³/mol. The molecule has 0 atom stereocenters. The van der Waals surface area contributed by atoms with Crippen LogP contribution in [-0.2, 0) is 20.1 Å². The Morgan fingerprint density at radius 3 is 2.72 bits per heavy atom. The molecule has 1 N–H and O–H groups in total. The van der Waals surface area contributed by atoms with E-state index in [0.717, 1.165) is 47.0 Å². The lowest BCUT2D eigenvalue weighted by atomic mass is 10.2. The number of imidazole rings is 1. The Morgan fingerprint density at radius 2 is 1.88 bits per heavy atom. The molecule has 0 saturated carbocycles. The lowest BCUT2D eigenvalue weighted by Crippen LogP contribution is -2.13. The van der Waals surface area contributed by atoms with Crippen LogP contribution in [0.2, 0.25) is 0 Å². The van der Waals surface area contributed by atoms with Gasteiger partial charge in [-0.15, -0.1) is 0 Å². The largest absolute Gasteiger partial charge is 0.331 e. The van der Waals surface area contributed by atoms with Crippen LogP contribution in [0.3, 0.4) is 0 Å². The summed E-state index contributed by atoms with van der Waals surface area (Å²) < 4.78 is 4.01. The molecule has 0 amide bonds. The molecule has 0 aliphatic carbocycles. The summed E-state index contributed by atoms with van der Waals surface area (Å²) in [5, 5.41) is 7.93. The van der Waals surface area contributed by atoms with Crippen molar-refractivity contribution in [2.24, 2.45) is 7.05 Å². The highest BCUT2D eigenvalue weighted by Gasteiger charge is 2.09. The Bertz CT molecular complexity index is 1070. The first-order valence-electron chi connectivity index (χ1n) is 8.46. The zero-order chi connectivity index (χ0) is 17.6. The van der Waals surface area contributed by atoms with Gasteiger partial charge in [0.25, 0.3) is 0 Å². The second-order valence-corrected chi connectivity index (χ2v) is 6.59. The van der Waals surface area contributed by atoms with Crippen LogP contribution >= 0.6 is 0 Å². The summed E-state index contributed by atoms with van der Waals surface area (Å²) in [5.74, 6) is 1.03. The third kappa shape index (κ3) is 2.78. The SMILES string of the molecule is Cc1cc(C)n2ncc(CNCc3ccc4c(c3)nc(C)n4C)c2n1. The average molecular weight is 334 g/mol. The fourth-order valence-electron chi connectivity index (χ4n) is 3.26. The van der Waals surface area contributed by atoms with Crippen molar-refractivity contribution >= 4 is 16.7 Å². The zero-order valence-electron chi connectivity index (χ0n) is 15.0. The van der Waals surface area contributed by atoms with Gasteiger partial charge >= 0.3 is 0 Å². The van der Waals surface area contributed by atoms with E-state index in [1.165, 1.54) is 11.1 Å². The highest BCUT2D eigenvalue weighted by Crippen LogP contribution is 2.17. The van der Waals surface area contributed by atoms with Crippen LogP contribution in [0, 0.1) is 20.8 Å². The molecule has 1 aromatic carbocycles. The molecule has 0 bridgehead atoms. The minimum absolute atomic E-state index is 0.735. The molecule has 4 aromatic rings. The summed E-state index contributed by atoms with van der Waals surface area (Å²) in [6.07, 6.45) is 1.90. The monoisotopic (exact) mass is 334 g/mol. The first-order valence-corrected chi connectivity index (χ1v) is 8.46. The van der Waals surface area contributed by atoms with Gasteiger partial charge in [-0.3, -0.25) is 0 Å². The normalized spacial score (nSPS) is 11.7. The Hall–Kier alpha value is -2.73. The topological polar surface area (TPSA) is 60.0 Å². The number of rotatable bonds is 4. The quantitative estimate of drug-likeness (QED) is 0.623. The lowest BCUT2D eigenvalue weighted by Gasteiger charge is -2.05. The van der Waals surface area contributed by atoms with Crippen LogP contribution in [-0.4, -0.2) is 24.1 Å². The van der Waals surface area contributed by atoms with Crippen LogP contribution in [0.5, 0.6) is 0 Å². The van der Waals surface area contributed by atoms with Crippen LogP contribution < -0.4 is 5.32 Å². The molecule has 6 heteroatoms. The molecule has 0 spiro atoms. The van der Waals surface area contributed by atoms with Crippen molar-refractivity contribution in [3.8, 4) is 0 Å². The van der Waals surface area contributed by atoms with E-state index < -0.39 is 0 Å². The van der Waals surface area contributed by atoms with Crippen LogP contribution in [0.1, 0.15) is 28.3 Å². The van der Waals surface area contributed by atoms with Crippen LogP contribution in [0.15, 0.2) is 30.5 Å². The number of hydrogen-bond donors (Lipinski definition) is 1. The predicted octanol–water partition coefficient (Wildman–Crippen LogP) is 2.83. The van der Waals surface area contributed by atoms with Crippen molar-refractivity contribution in [2.75, 3.05) is 0 Å². The van der Waals surface area contributed by atoms with Gasteiger partial charge in [-0.05, 0) is 44.5 Å². The van der Waals surface area contributed by atoms with Crippen LogP contribution in [0.25, 0.3) is 16.7 Å². The van der Waals surface area contributed by atoms with Gasteiger partial charge in [0.2, 0.25) is 0 Å². The first-order chi connectivity index (χ1) is 12.0. The van der Waals surface area contributed by atoms with Gasteiger partial charge in [0, 0.05) is 37.1 Å². The Morgan fingerprint density at radius 1 is 1.04 bits per heavy atom. The Balaban J connectivity index is 1.51. The molecule has 4 rings (SSSR count). The highest BCUT2D eigenvalue weighted by molar-refractivity contribution is 5.76. The van der Waals surface area contributed by atoms with Gasteiger partial charge < -0.3 is 9.88 Å². The Kier molecular flexibility index (Phi) is 3.77. The number of nitrogens with one attached hydrogen (secondary N) is 1. The van der Waals surface area contributed by atoms with E-state index in [9.17, 15) is 0 Å². The molecule has 0 aliphatic heterocycles. The summed E-state index contributed by atoms with van der Waals surface area (Å²) in [4.78, 5) is 9.23. The van der Waals surface area contributed by atoms with Gasteiger partial charge in [0.05, 0.1) is 17.2 Å². The fourth-order valence-corrected chi connectivity index (χ4v) is 3.26.